The minimum atomic E-state index is -2.30. The van der Waals surface area contributed by atoms with Gasteiger partial charge in [0.1, 0.15) is 0 Å². The highest BCUT2D eigenvalue weighted by Gasteiger charge is 2.40. The number of ether oxygens (including phenoxy) is 1. The standard InChI is InChI=1S/C14H12F5NO2/c1-3-14(6-20,5-4-7(21)22-2)8-9(15)11(17)13(19)12(18)10(8)16/h3-5H2,1-2H3. The van der Waals surface area contributed by atoms with E-state index in [9.17, 15) is 32.0 Å². The van der Waals surface area contributed by atoms with E-state index in [1.54, 1.807) is 6.07 Å². The van der Waals surface area contributed by atoms with Gasteiger partial charge in [0, 0.05) is 6.42 Å². The van der Waals surface area contributed by atoms with E-state index < -0.39 is 58.9 Å². The van der Waals surface area contributed by atoms with Crippen LogP contribution in [-0.4, -0.2) is 13.1 Å². The molecule has 1 atom stereocenters. The van der Waals surface area contributed by atoms with Crippen LogP contribution >= 0.6 is 0 Å². The van der Waals surface area contributed by atoms with E-state index in [1.165, 1.54) is 6.92 Å². The Kier molecular flexibility index (Phi) is 5.47. The van der Waals surface area contributed by atoms with Crippen LogP contribution in [0.15, 0.2) is 0 Å². The SMILES string of the molecule is CCC(C#N)(CCC(=O)OC)c1c(F)c(F)c(F)c(F)c1F. The van der Waals surface area contributed by atoms with Crippen LogP contribution in [0.5, 0.6) is 0 Å². The van der Waals surface area contributed by atoms with E-state index in [4.69, 9.17) is 0 Å². The van der Waals surface area contributed by atoms with E-state index in [1.807, 2.05) is 0 Å². The molecule has 3 nitrogen and oxygen atoms in total. The normalized spacial score (nSPS) is 13.4. The lowest BCUT2D eigenvalue weighted by Crippen LogP contribution is -2.29. The van der Waals surface area contributed by atoms with Crippen molar-refractivity contribution in [3.63, 3.8) is 0 Å². The predicted octanol–water partition coefficient (Wildman–Crippen LogP) is 3.51. The second kappa shape index (κ2) is 6.73. The number of rotatable bonds is 5. The molecule has 0 aromatic heterocycles. The molecule has 1 unspecified atom stereocenters. The molecule has 1 rings (SSSR count). The maximum absolute atomic E-state index is 13.9. The molecule has 0 saturated heterocycles. The van der Waals surface area contributed by atoms with Crippen LogP contribution in [0.25, 0.3) is 0 Å². The Bertz CT molecular complexity index is 612. The first-order chi connectivity index (χ1) is 10.3. The number of methoxy groups -OCH3 is 1. The summed E-state index contributed by atoms with van der Waals surface area (Å²) in [7, 11) is 1.07. The van der Waals surface area contributed by atoms with Crippen molar-refractivity contribution in [2.24, 2.45) is 0 Å². The summed E-state index contributed by atoms with van der Waals surface area (Å²) in [5.41, 5.74) is -3.25. The van der Waals surface area contributed by atoms with Gasteiger partial charge in [-0.3, -0.25) is 4.79 Å². The summed E-state index contributed by atoms with van der Waals surface area (Å²) in [6.07, 6.45) is -1.10. The first-order valence-electron chi connectivity index (χ1n) is 6.25. The minimum absolute atomic E-state index is 0.251. The van der Waals surface area contributed by atoms with Crippen LogP contribution in [-0.2, 0) is 14.9 Å². The molecule has 22 heavy (non-hydrogen) atoms. The topological polar surface area (TPSA) is 50.1 Å². The Hall–Kier alpha value is -2.17. The van der Waals surface area contributed by atoms with Gasteiger partial charge in [-0.15, -0.1) is 0 Å². The molecule has 0 aliphatic rings. The number of halogens is 5. The van der Waals surface area contributed by atoms with Gasteiger partial charge in [-0.1, -0.05) is 6.92 Å². The number of hydrogen-bond acceptors (Lipinski definition) is 3. The fourth-order valence-electron chi connectivity index (χ4n) is 2.11. The zero-order valence-electron chi connectivity index (χ0n) is 11.8. The van der Waals surface area contributed by atoms with Crippen LogP contribution in [0.2, 0.25) is 0 Å². The first kappa shape index (κ1) is 17.9. The largest absolute Gasteiger partial charge is 0.469 e. The van der Waals surface area contributed by atoms with Gasteiger partial charge in [0.25, 0.3) is 0 Å². The molecular formula is C14H12F5NO2. The number of benzene rings is 1. The van der Waals surface area contributed by atoms with Crippen molar-refractivity contribution in [3.05, 3.63) is 34.6 Å². The first-order valence-corrected chi connectivity index (χ1v) is 6.25. The average molecular weight is 321 g/mol. The molecule has 0 bridgehead atoms. The lowest BCUT2D eigenvalue weighted by atomic mass is 9.75. The molecule has 0 amide bonds. The number of carbonyl (C=O) groups is 1. The molecule has 120 valence electrons. The highest BCUT2D eigenvalue weighted by molar-refractivity contribution is 5.69. The highest BCUT2D eigenvalue weighted by atomic mass is 19.2. The summed E-state index contributed by atoms with van der Waals surface area (Å²) < 4.78 is 71.8. The quantitative estimate of drug-likeness (QED) is 0.361. The molecule has 0 fully saturated rings. The highest BCUT2D eigenvalue weighted by Crippen LogP contribution is 2.38. The van der Waals surface area contributed by atoms with Crippen molar-refractivity contribution in [1.29, 1.82) is 5.26 Å². The Morgan fingerprint density at radius 1 is 1.09 bits per heavy atom. The lowest BCUT2D eigenvalue weighted by molar-refractivity contribution is -0.140. The van der Waals surface area contributed by atoms with Gasteiger partial charge < -0.3 is 4.74 Å². The van der Waals surface area contributed by atoms with Crippen molar-refractivity contribution < 1.29 is 31.5 Å². The van der Waals surface area contributed by atoms with Crippen molar-refractivity contribution in [2.75, 3.05) is 7.11 Å². The minimum Gasteiger partial charge on any atom is -0.469 e. The van der Waals surface area contributed by atoms with Crippen LogP contribution in [0, 0.1) is 40.4 Å². The summed E-state index contributed by atoms with van der Waals surface area (Å²) in [6.45, 7) is 1.35. The van der Waals surface area contributed by atoms with Crippen molar-refractivity contribution in [1.82, 2.24) is 0 Å². The second-order valence-electron chi connectivity index (χ2n) is 4.57. The summed E-state index contributed by atoms with van der Waals surface area (Å²) >= 11 is 0. The summed E-state index contributed by atoms with van der Waals surface area (Å²) in [6, 6.07) is 1.57. The molecule has 0 aliphatic carbocycles. The number of carbonyl (C=O) groups excluding carboxylic acids is 1. The summed E-state index contributed by atoms with van der Waals surface area (Å²) in [4.78, 5) is 11.2. The van der Waals surface area contributed by atoms with Gasteiger partial charge >= 0.3 is 5.97 Å². The van der Waals surface area contributed by atoms with Gasteiger partial charge in [-0.05, 0) is 12.8 Å². The van der Waals surface area contributed by atoms with E-state index >= 15 is 0 Å². The van der Waals surface area contributed by atoms with E-state index in [2.05, 4.69) is 4.74 Å². The lowest BCUT2D eigenvalue weighted by Gasteiger charge is -2.26. The molecule has 0 N–H and O–H groups in total. The van der Waals surface area contributed by atoms with Gasteiger partial charge in [0.15, 0.2) is 23.3 Å². The summed E-state index contributed by atoms with van der Waals surface area (Å²) in [5, 5.41) is 9.24. The summed E-state index contributed by atoms with van der Waals surface area (Å²) in [5.74, 6) is -11.4. The Balaban J connectivity index is 3.52. The van der Waals surface area contributed by atoms with E-state index in [-0.39, 0.29) is 6.42 Å². The van der Waals surface area contributed by atoms with Crippen LogP contribution < -0.4 is 0 Å². The predicted molar refractivity (Wildman–Crippen MR) is 65.1 cm³/mol. The monoisotopic (exact) mass is 321 g/mol. The Morgan fingerprint density at radius 2 is 1.55 bits per heavy atom. The van der Waals surface area contributed by atoms with E-state index in [0.717, 1.165) is 7.11 Å². The van der Waals surface area contributed by atoms with Gasteiger partial charge in [0.05, 0.1) is 24.2 Å². The van der Waals surface area contributed by atoms with Crippen LogP contribution in [0.1, 0.15) is 31.7 Å². The Labute approximate surface area is 123 Å². The maximum atomic E-state index is 13.9. The van der Waals surface area contributed by atoms with Gasteiger partial charge in [-0.2, -0.15) is 5.26 Å². The fraction of sp³-hybridized carbons (Fsp3) is 0.429. The smallest absolute Gasteiger partial charge is 0.305 e. The zero-order chi connectivity index (χ0) is 17.1. The molecule has 0 radical (unpaired) electrons. The number of nitrogens with zero attached hydrogens (tertiary/aromatic N) is 1. The maximum Gasteiger partial charge on any atom is 0.305 e. The molecule has 0 spiro atoms. The zero-order valence-corrected chi connectivity index (χ0v) is 11.8. The van der Waals surface area contributed by atoms with Crippen molar-refractivity contribution in [2.45, 2.75) is 31.6 Å². The number of esters is 1. The van der Waals surface area contributed by atoms with Crippen molar-refractivity contribution in [3.8, 4) is 6.07 Å². The molecular weight excluding hydrogens is 309 g/mol. The molecule has 8 heteroatoms. The Morgan fingerprint density at radius 3 is 1.91 bits per heavy atom. The molecule has 1 aromatic carbocycles. The fourth-order valence-corrected chi connectivity index (χ4v) is 2.11. The van der Waals surface area contributed by atoms with Gasteiger partial charge in [0.2, 0.25) is 5.82 Å². The second-order valence-corrected chi connectivity index (χ2v) is 4.57. The van der Waals surface area contributed by atoms with Crippen LogP contribution in [0.4, 0.5) is 22.0 Å². The number of nitriles is 1. The van der Waals surface area contributed by atoms with E-state index in [0.29, 0.717) is 0 Å². The third-order valence-electron chi connectivity index (χ3n) is 3.49. The average Bonchev–Trinajstić information content (AvgIpc) is 2.54. The van der Waals surface area contributed by atoms with Gasteiger partial charge in [-0.25, -0.2) is 22.0 Å². The molecule has 0 saturated carbocycles. The molecule has 0 heterocycles. The van der Waals surface area contributed by atoms with Crippen molar-refractivity contribution >= 4 is 5.97 Å². The third kappa shape index (κ3) is 2.89. The molecule has 0 aliphatic heterocycles. The van der Waals surface area contributed by atoms with Crippen LogP contribution in [0.3, 0.4) is 0 Å². The number of hydrogen-bond donors (Lipinski definition) is 0. The third-order valence-corrected chi connectivity index (χ3v) is 3.49. The molecule has 1 aromatic rings.